The Hall–Kier alpha value is -3.93. The molecule has 0 saturated heterocycles. The van der Waals surface area contributed by atoms with Crippen molar-refractivity contribution < 1.29 is 36.6 Å². The van der Waals surface area contributed by atoms with E-state index in [0.29, 0.717) is 28.9 Å². The number of anilines is 2. The first-order valence-electron chi connectivity index (χ1n) is 11.7. The second-order valence-electron chi connectivity index (χ2n) is 8.57. The Morgan fingerprint density at radius 2 is 1.71 bits per heavy atom. The SMILES string of the molecule is C=c1cc(OCCOC)cc(F)/c1=C(/N=C\C)Nc1ccc(NC(=O)CC(=O)NC2(C(F)(F)F)CC2)cc1. The molecule has 1 aliphatic rings. The second kappa shape index (κ2) is 12.1. The molecule has 3 rings (SSSR count). The van der Waals surface area contributed by atoms with Crippen LogP contribution in [0.3, 0.4) is 0 Å². The number of hydrogen-bond donors (Lipinski definition) is 3. The second-order valence-corrected chi connectivity index (χ2v) is 8.57. The van der Waals surface area contributed by atoms with Crippen LogP contribution < -0.4 is 31.1 Å². The van der Waals surface area contributed by atoms with Gasteiger partial charge in [0.05, 0.1) is 11.8 Å². The van der Waals surface area contributed by atoms with Crippen molar-refractivity contribution in [3.63, 3.8) is 0 Å². The number of nitrogens with one attached hydrogen (secondary N) is 3. The van der Waals surface area contributed by atoms with Crippen LogP contribution in [-0.4, -0.2) is 50.1 Å². The van der Waals surface area contributed by atoms with Gasteiger partial charge in [-0.25, -0.2) is 9.38 Å². The van der Waals surface area contributed by atoms with Crippen LogP contribution in [0, 0.1) is 5.82 Å². The molecule has 204 valence electrons. The highest BCUT2D eigenvalue weighted by molar-refractivity contribution is 6.03. The Morgan fingerprint density at radius 3 is 2.24 bits per heavy atom. The molecule has 2 aromatic carbocycles. The summed E-state index contributed by atoms with van der Waals surface area (Å²) in [6.07, 6.45) is -4.24. The smallest absolute Gasteiger partial charge is 0.411 e. The molecular weight excluding hydrogens is 508 g/mol. The van der Waals surface area contributed by atoms with Crippen molar-refractivity contribution in [1.82, 2.24) is 5.32 Å². The van der Waals surface area contributed by atoms with Gasteiger partial charge in [0, 0.05) is 30.8 Å². The van der Waals surface area contributed by atoms with Gasteiger partial charge in [0.25, 0.3) is 0 Å². The lowest BCUT2D eigenvalue weighted by molar-refractivity contribution is -0.170. The summed E-state index contributed by atoms with van der Waals surface area (Å²) in [5.74, 6) is -1.88. The average molecular weight is 537 g/mol. The zero-order valence-corrected chi connectivity index (χ0v) is 20.9. The fourth-order valence-corrected chi connectivity index (χ4v) is 3.56. The Morgan fingerprint density at radius 1 is 1.08 bits per heavy atom. The zero-order valence-electron chi connectivity index (χ0n) is 20.9. The van der Waals surface area contributed by atoms with Crippen LogP contribution >= 0.6 is 0 Å². The third kappa shape index (κ3) is 7.31. The van der Waals surface area contributed by atoms with Crippen LogP contribution in [-0.2, 0) is 14.3 Å². The molecule has 0 aromatic heterocycles. The van der Waals surface area contributed by atoms with Crippen LogP contribution in [0.15, 0.2) is 41.4 Å². The van der Waals surface area contributed by atoms with E-state index in [4.69, 9.17) is 9.47 Å². The van der Waals surface area contributed by atoms with Crippen LogP contribution in [0.4, 0.5) is 28.9 Å². The third-order valence-corrected chi connectivity index (χ3v) is 5.62. The van der Waals surface area contributed by atoms with Crippen LogP contribution in [0.5, 0.6) is 5.75 Å². The summed E-state index contributed by atoms with van der Waals surface area (Å²) in [6.45, 7) is 6.16. The Kier molecular flexibility index (Phi) is 9.10. The monoisotopic (exact) mass is 536 g/mol. The molecule has 0 atom stereocenters. The molecule has 0 radical (unpaired) electrons. The van der Waals surface area contributed by atoms with Gasteiger partial charge in [0.2, 0.25) is 11.8 Å². The van der Waals surface area contributed by atoms with E-state index in [1.807, 2.05) is 5.32 Å². The largest absolute Gasteiger partial charge is 0.491 e. The van der Waals surface area contributed by atoms with E-state index in [2.05, 4.69) is 22.2 Å². The van der Waals surface area contributed by atoms with Gasteiger partial charge in [-0.2, -0.15) is 13.2 Å². The summed E-state index contributed by atoms with van der Waals surface area (Å²) >= 11 is 0. The third-order valence-electron chi connectivity index (χ3n) is 5.62. The molecule has 0 aliphatic heterocycles. The number of carbonyl (C=O) groups is 2. The van der Waals surface area contributed by atoms with Gasteiger partial charge in [-0.1, -0.05) is 6.58 Å². The summed E-state index contributed by atoms with van der Waals surface area (Å²) in [5.41, 5.74) is -1.41. The van der Waals surface area contributed by atoms with Crippen molar-refractivity contribution >= 4 is 41.8 Å². The number of ether oxygens (including phenoxy) is 2. The van der Waals surface area contributed by atoms with E-state index in [1.54, 1.807) is 25.1 Å². The molecule has 1 aliphatic carbocycles. The van der Waals surface area contributed by atoms with Gasteiger partial charge in [-0.3, -0.25) is 9.59 Å². The predicted octanol–water partition coefficient (Wildman–Crippen LogP) is 3.07. The van der Waals surface area contributed by atoms with Gasteiger partial charge in [-0.05, 0) is 55.3 Å². The highest BCUT2D eigenvalue weighted by Crippen LogP contribution is 2.48. The van der Waals surface area contributed by atoms with Gasteiger partial charge < -0.3 is 25.4 Å². The van der Waals surface area contributed by atoms with Gasteiger partial charge in [-0.15, -0.1) is 0 Å². The first-order valence-corrected chi connectivity index (χ1v) is 11.7. The van der Waals surface area contributed by atoms with E-state index in [9.17, 15) is 27.2 Å². The van der Waals surface area contributed by atoms with Crippen molar-refractivity contribution in [1.29, 1.82) is 0 Å². The average Bonchev–Trinajstić information content (AvgIpc) is 3.61. The summed E-state index contributed by atoms with van der Waals surface area (Å²) in [7, 11) is 1.53. The lowest BCUT2D eigenvalue weighted by atomic mass is 10.2. The molecule has 2 aromatic rings. The molecule has 0 spiro atoms. The number of benzene rings is 2. The first kappa shape index (κ1) is 28.6. The Balaban J connectivity index is 1.67. The maximum Gasteiger partial charge on any atom is 0.411 e. The molecule has 12 heteroatoms. The highest BCUT2D eigenvalue weighted by Gasteiger charge is 2.64. The van der Waals surface area contributed by atoms with Gasteiger partial charge in [0.1, 0.15) is 36.0 Å². The number of hydrogen-bond acceptors (Lipinski definition) is 6. The summed E-state index contributed by atoms with van der Waals surface area (Å²) < 4.78 is 64.3. The molecule has 38 heavy (non-hydrogen) atoms. The maximum absolute atomic E-state index is 15.0. The quantitative estimate of drug-likeness (QED) is 0.177. The summed E-state index contributed by atoms with van der Waals surface area (Å²) in [6, 6.07) is 8.98. The Labute approximate surface area is 216 Å². The van der Waals surface area contributed by atoms with Crippen molar-refractivity contribution in [3.05, 3.63) is 52.7 Å². The molecule has 0 heterocycles. The lowest BCUT2D eigenvalue weighted by Crippen LogP contribution is -2.48. The lowest BCUT2D eigenvalue weighted by Gasteiger charge is -2.20. The predicted molar refractivity (Wildman–Crippen MR) is 136 cm³/mol. The standard InChI is InChI=1S/C26H28F4N4O4/c1-4-31-24(23-16(2)13-19(14-20(23)27)38-12-11-37-3)33-18-7-5-17(6-8-18)32-21(35)15-22(36)34-25(9-10-25)26(28,29)30/h4-8,13-14,33H,2,9-12,15H2,1,3H3,(H,32,35)(H,34,36)/b24-23-,31-4-. The number of methoxy groups -OCH3 is 1. The Bertz CT molecular complexity index is 1310. The fourth-order valence-electron chi connectivity index (χ4n) is 3.56. The molecule has 0 unspecified atom stereocenters. The molecule has 1 fully saturated rings. The number of amides is 2. The molecule has 8 nitrogen and oxygen atoms in total. The molecule has 0 bridgehead atoms. The number of alkyl halides is 3. The van der Waals surface area contributed by atoms with E-state index in [0.717, 1.165) is 0 Å². The summed E-state index contributed by atoms with van der Waals surface area (Å²) in [4.78, 5) is 28.3. The van der Waals surface area contributed by atoms with E-state index in [-0.39, 0.29) is 30.5 Å². The van der Waals surface area contributed by atoms with E-state index >= 15 is 0 Å². The van der Waals surface area contributed by atoms with Gasteiger partial charge >= 0.3 is 6.18 Å². The fraction of sp³-hybridized carbons (Fsp3) is 0.346. The number of carbonyl (C=O) groups excluding carboxylic acids is 2. The molecule has 1 saturated carbocycles. The molecule has 2 amide bonds. The van der Waals surface area contributed by atoms with E-state index in [1.165, 1.54) is 31.5 Å². The number of aliphatic imine (C=N–C) groups is 1. The first-order chi connectivity index (χ1) is 18.0. The van der Waals surface area contributed by atoms with Crippen LogP contribution in [0.1, 0.15) is 26.2 Å². The minimum absolute atomic E-state index is 0.137. The van der Waals surface area contributed by atoms with Crippen LogP contribution in [0.25, 0.3) is 12.4 Å². The zero-order chi connectivity index (χ0) is 27.9. The highest BCUT2D eigenvalue weighted by atomic mass is 19.4. The van der Waals surface area contributed by atoms with Crippen molar-refractivity contribution in [3.8, 4) is 5.75 Å². The topological polar surface area (TPSA) is 101 Å². The minimum atomic E-state index is -4.56. The van der Waals surface area contributed by atoms with Crippen molar-refractivity contribution in [2.75, 3.05) is 31.0 Å². The van der Waals surface area contributed by atoms with Crippen molar-refractivity contribution in [2.45, 2.75) is 37.9 Å². The number of nitrogens with zero attached hydrogens (tertiary/aromatic N) is 1. The molecule has 3 N–H and O–H groups in total. The normalized spacial score (nSPS) is 15.1. The number of halogens is 4. The minimum Gasteiger partial charge on any atom is -0.491 e. The molecular formula is C26H28F4N4O4. The summed E-state index contributed by atoms with van der Waals surface area (Å²) in [5, 5.41) is 7.85. The van der Waals surface area contributed by atoms with Crippen LogP contribution in [0.2, 0.25) is 0 Å². The van der Waals surface area contributed by atoms with Crippen molar-refractivity contribution in [2.24, 2.45) is 4.99 Å². The van der Waals surface area contributed by atoms with Gasteiger partial charge in [0.15, 0.2) is 0 Å². The maximum atomic E-state index is 15.0. The number of rotatable bonds is 11. The van der Waals surface area contributed by atoms with E-state index < -0.39 is 35.8 Å².